The molecule has 0 aromatic heterocycles. The summed E-state index contributed by atoms with van der Waals surface area (Å²) in [6.07, 6.45) is -4.21. The fraction of sp³-hybridized carbons (Fsp3) is 0.310. The lowest BCUT2D eigenvalue weighted by Crippen LogP contribution is -2.52. The molecule has 1 amide bonds. The first-order valence-corrected chi connectivity index (χ1v) is 13.2. The van der Waals surface area contributed by atoms with E-state index in [1.807, 2.05) is 0 Å². The van der Waals surface area contributed by atoms with E-state index in [0.717, 1.165) is 12.1 Å². The maximum Gasteiger partial charge on any atom is 0.416 e. The van der Waals surface area contributed by atoms with Crippen LogP contribution < -0.4 is 15.6 Å². The molecule has 1 heterocycles. The Balaban J connectivity index is 1.57. The highest BCUT2D eigenvalue weighted by Gasteiger charge is 2.45. The van der Waals surface area contributed by atoms with E-state index in [-0.39, 0.29) is 44.2 Å². The Bertz CT molecular complexity index is 1510. The lowest BCUT2D eigenvalue weighted by molar-refractivity contribution is -0.137. The van der Waals surface area contributed by atoms with Gasteiger partial charge in [-0.2, -0.15) is 13.2 Å². The van der Waals surface area contributed by atoms with Crippen molar-refractivity contribution in [1.29, 1.82) is 0 Å². The average molecular weight is 601 g/mol. The normalized spacial score (nSPS) is 16.2. The molecule has 14 heteroatoms. The molecule has 1 aliphatic rings. The maximum atomic E-state index is 13.8. The van der Waals surface area contributed by atoms with Crippen molar-refractivity contribution in [1.82, 2.24) is 10.9 Å². The number of carbonyl (C=O) groups is 1. The van der Waals surface area contributed by atoms with Gasteiger partial charge < -0.3 is 14.6 Å². The van der Waals surface area contributed by atoms with E-state index in [2.05, 4.69) is 25.9 Å². The Kier molecular flexibility index (Phi) is 10.2. The van der Waals surface area contributed by atoms with Gasteiger partial charge in [-0.3, -0.25) is 10.2 Å². The number of azide groups is 1. The average Bonchev–Trinajstić information content (AvgIpc) is 3.42. The van der Waals surface area contributed by atoms with Gasteiger partial charge in [0.2, 0.25) is 5.90 Å². The van der Waals surface area contributed by atoms with Gasteiger partial charge in [-0.15, -0.1) is 0 Å². The highest BCUT2D eigenvalue weighted by molar-refractivity contribution is 6.00. The van der Waals surface area contributed by atoms with Crippen molar-refractivity contribution in [3.8, 4) is 5.75 Å². The molecule has 0 bridgehead atoms. The SMILES string of the molecule is [N-]=[N+]=NCc1ccccc1C[C@@]1(C(=O)NNCc2cc(F)cc(C(F)(F)F)c2)COC(c2ccc(OCCCO)cc2)=N1. The van der Waals surface area contributed by atoms with Crippen molar-refractivity contribution in [3.05, 3.63) is 111 Å². The van der Waals surface area contributed by atoms with Crippen molar-refractivity contribution >= 4 is 11.8 Å². The predicted octanol–water partition coefficient (Wildman–Crippen LogP) is 5.00. The van der Waals surface area contributed by atoms with Gasteiger partial charge in [0.15, 0.2) is 5.54 Å². The minimum absolute atomic E-state index is 0.00452. The number of aliphatic imine (C=N–C) groups is 1. The van der Waals surface area contributed by atoms with Crippen LogP contribution in [0.4, 0.5) is 17.6 Å². The molecule has 0 saturated heterocycles. The smallest absolute Gasteiger partial charge is 0.416 e. The number of hydrazine groups is 1. The molecule has 3 aromatic carbocycles. The largest absolute Gasteiger partial charge is 0.494 e. The zero-order valence-electron chi connectivity index (χ0n) is 22.8. The second-order valence-electron chi connectivity index (χ2n) is 9.68. The van der Waals surface area contributed by atoms with Crippen LogP contribution in [0.1, 0.15) is 34.2 Å². The van der Waals surface area contributed by atoms with Gasteiger partial charge in [-0.25, -0.2) is 14.8 Å². The summed E-state index contributed by atoms with van der Waals surface area (Å²) in [5.41, 5.74) is 13.1. The summed E-state index contributed by atoms with van der Waals surface area (Å²) in [6.45, 7) is -0.0840. The van der Waals surface area contributed by atoms with E-state index in [4.69, 9.17) is 20.1 Å². The number of alkyl halides is 3. The van der Waals surface area contributed by atoms with Gasteiger partial charge in [0.25, 0.3) is 5.91 Å². The standard InChI is InChI=1S/C29H28F4N6O4/c30-24-13-19(12-23(14-24)29(31,32)33)16-35-38-27(41)28(15-21-4-1-2-5-22(21)17-36-39-34)18-43-26(37-28)20-6-8-25(9-7-20)42-11-3-10-40/h1-2,4-9,12-14,35,40H,3,10-11,15-18H2,(H,38,41)/t28-/m0/s1. The van der Waals surface area contributed by atoms with Gasteiger partial charge in [0, 0.05) is 36.5 Å². The van der Waals surface area contributed by atoms with Crippen LogP contribution >= 0.6 is 0 Å². The van der Waals surface area contributed by atoms with E-state index in [1.54, 1.807) is 48.5 Å². The van der Waals surface area contributed by atoms with E-state index >= 15 is 0 Å². The van der Waals surface area contributed by atoms with Crippen LogP contribution in [0.5, 0.6) is 5.75 Å². The molecule has 43 heavy (non-hydrogen) atoms. The number of rotatable bonds is 13. The number of hydrogen-bond acceptors (Lipinski definition) is 7. The molecule has 0 spiro atoms. The molecular formula is C29H28F4N6O4. The molecule has 0 saturated carbocycles. The van der Waals surface area contributed by atoms with Gasteiger partial charge in [0.05, 0.1) is 18.7 Å². The zero-order chi connectivity index (χ0) is 30.9. The fourth-order valence-corrected chi connectivity index (χ4v) is 4.40. The zero-order valence-corrected chi connectivity index (χ0v) is 22.8. The number of halogens is 4. The van der Waals surface area contributed by atoms with Crippen LogP contribution in [0, 0.1) is 5.82 Å². The van der Waals surface area contributed by atoms with Gasteiger partial charge >= 0.3 is 6.18 Å². The monoisotopic (exact) mass is 600 g/mol. The molecule has 0 fully saturated rings. The highest BCUT2D eigenvalue weighted by Crippen LogP contribution is 2.31. The Hall–Kier alpha value is -4.65. The van der Waals surface area contributed by atoms with Crippen LogP contribution in [0.2, 0.25) is 0 Å². The van der Waals surface area contributed by atoms with Crippen LogP contribution in [0.15, 0.2) is 76.8 Å². The Morgan fingerprint density at radius 1 is 1.14 bits per heavy atom. The van der Waals surface area contributed by atoms with Crippen LogP contribution in [0.25, 0.3) is 10.4 Å². The number of benzene rings is 3. The van der Waals surface area contributed by atoms with Crippen LogP contribution in [-0.4, -0.2) is 42.3 Å². The summed E-state index contributed by atoms with van der Waals surface area (Å²) in [5.74, 6) is -0.946. The third-order valence-electron chi connectivity index (χ3n) is 6.54. The summed E-state index contributed by atoms with van der Waals surface area (Å²) in [7, 11) is 0. The Labute approximate surface area is 243 Å². The van der Waals surface area contributed by atoms with Gasteiger partial charge in [-0.1, -0.05) is 29.4 Å². The Morgan fingerprint density at radius 2 is 1.88 bits per heavy atom. The molecule has 0 aliphatic carbocycles. The maximum absolute atomic E-state index is 13.8. The first-order chi connectivity index (χ1) is 20.6. The summed E-state index contributed by atoms with van der Waals surface area (Å²) in [5, 5.41) is 12.5. The van der Waals surface area contributed by atoms with E-state index in [0.29, 0.717) is 41.5 Å². The number of amides is 1. The molecular weight excluding hydrogens is 572 g/mol. The molecule has 1 atom stereocenters. The van der Waals surface area contributed by atoms with Crippen molar-refractivity contribution in [2.24, 2.45) is 10.1 Å². The van der Waals surface area contributed by atoms with Crippen LogP contribution in [0.3, 0.4) is 0 Å². The number of aliphatic hydroxyl groups is 1. The first kappa shape index (κ1) is 31.3. The minimum Gasteiger partial charge on any atom is -0.494 e. The predicted molar refractivity (Wildman–Crippen MR) is 148 cm³/mol. The van der Waals surface area contributed by atoms with E-state index in [1.165, 1.54) is 0 Å². The topological polar surface area (TPSA) is 141 Å². The number of nitrogens with zero attached hydrogens (tertiary/aromatic N) is 4. The van der Waals surface area contributed by atoms with Crippen LogP contribution in [-0.2, 0) is 35.2 Å². The first-order valence-electron chi connectivity index (χ1n) is 13.2. The molecule has 3 N–H and O–H groups in total. The summed E-state index contributed by atoms with van der Waals surface area (Å²) < 4.78 is 64.6. The summed E-state index contributed by atoms with van der Waals surface area (Å²) in [4.78, 5) is 21.1. The second kappa shape index (κ2) is 14.0. The summed E-state index contributed by atoms with van der Waals surface area (Å²) in [6, 6.07) is 16.0. The fourth-order valence-electron chi connectivity index (χ4n) is 4.40. The minimum atomic E-state index is -4.73. The van der Waals surface area contributed by atoms with Crippen molar-refractivity contribution in [2.45, 2.75) is 37.6 Å². The van der Waals surface area contributed by atoms with Crippen molar-refractivity contribution in [2.75, 3.05) is 19.8 Å². The molecule has 3 aromatic rings. The van der Waals surface area contributed by atoms with Gasteiger partial charge in [0.1, 0.15) is 18.2 Å². The van der Waals surface area contributed by atoms with Gasteiger partial charge in [-0.05, 0) is 64.7 Å². The summed E-state index contributed by atoms with van der Waals surface area (Å²) >= 11 is 0. The third-order valence-corrected chi connectivity index (χ3v) is 6.54. The molecule has 0 radical (unpaired) electrons. The van der Waals surface area contributed by atoms with Crippen molar-refractivity contribution in [3.63, 3.8) is 0 Å². The molecule has 226 valence electrons. The second-order valence-corrected chi connectivity index (χ2v) is 9.68. The number of hydrogen-bond donors (Lipinski definition) is 3. The number of carbonyl (C=O) groups excluding carboxylic acids is 1. The molecule has 10 nitrogen and oxygen atoms in total. The molecule has 1 aliphatic heterocycles. The molecule has 0 unspecified atom stereocenters. The number of ether oxygens (including phenoxy) is 2. The number of aliphatic hydroxyl groups excluding tert-OH is 1. The lowest BCUT2D eigenvalue weighted by atomic mass is 9.89. The molecule has 4 rings (SSSR count). The number of nitrogens with one attached hydrogen (secondary N) is 2. The lowest BCUT2D eigenvalue weighted by Gasteiger charge is -2.24. The quantitative estimate of drug-likeness (QED) is 0.0633. The highest BCUT2D eigenvalue weighted by atomic mass is 19.4. The van der Waals surface area contributed by atoms with Crippen molar-refractivity contribution < 1.29 is 36.9 Å². The van der Waals surface area contributed by atoms with E-state index < -0.39 is 29.0 Å². The third kappa shape index (κ3) is 8.22. The van der Waals surface area contributed by atoms with E-state index in [9.17, 15) is 22.4 Å². The Morgan fingerprint density at radius 3 is 2.58 bits per heavy atom.